The maximum Gasteiger partial charge on any atom is 0.242 e. The van der Waals surface area contributed by atoms with E-state index in [9.17, 15) is 22.4 Å². The van der Waals surface area contributed by atoms with Crippen LogP contribution in [0.4, 0.5) is 10.1 Å². The van der Waals surface area contributed by atoms with Gasteiger partial charge in [0, 0.05) is 31.1 Å². The molecule has 0 saturated heterocycles. The number of likely N-dealkylation sites (N-methyl/N-ethyl adjacent to an activating group) is 1. The van der Waals surface area contributed by atoms with Gasteiger partial charge in [0.15, 0.2) is 0 Å². The van der Waals surface area contributed by atoms with Gasteiger partial charge in [0.2, 0.25) is 21.8 Å². The maximum absolute atomic E-state index is 14.2. The Balaban J connectivity index is 2.22. The second-order valence-electron chi connectivity index (χ2n) is 7.82. The molecule has 2 aromatic carbocycles. The summed E-state index contributed by atoms with van der Waals surface area (Å²) in [6, 6.07) is 12.0. The molecular formula is C24H31ClFN3O4S. The van der Waals surface area contributed by atoms with Crippen LogP contribution in [0.2, 0.25) is 5.02 Å². The lowest BCUT2D eigenvalue weighted by molar-refractivity contribution is -0.141. The number of para-hydroxylation sites is 1. The first-order valence-electron chi connectivity index (χ1n) is 11.1. The molecule has 2 rings (SSSR count). The van der Waals surface area contributed by atoms with Crippen molar-refractivity contribution in [1.82, 2.24) is 10.2 Å². The van der Waals surface area contributed by atoms with Crippen molar-refractivity contribution < 1.29 is 22.4 Å². The molecule has 34 heavy (non-hydrogen) atoms. The number of sulfonamides is 1. The number of halogens is 2. The Morgan fingerprint density at radius 2 is 1.74 bits per heavy atom. The van der Waals surface area contributed by atoms with Gasteiger partial charge >= 0.3 is 0 Å². The lowest BCUT2D eigenvalue weighted by atomic mass is 10.1. The molecule has 0 aliphatic heterocycles. The highest BCUT2D eigenvalue weighted by Gasteiger charge is 2.29. The van der Waals surface area contributed by atoms with Crippen molar-refractivity contribution in [2.75, 3.05) is 23.7 Å². The number of amides is 2. The molecule has 0 heterocycles. The van der Waals surface area contributed by atoms with Gasteiger partial charge < -0.3 is 10.2 Å². The van der Waals surface area contributed by atoms with Crippen molar-refractivity contribution in [3.05, 3.63) is 64.9 Å². The summed E-state index contributed by atoms with van der Waals surface area (Å²) in [5.74, 6) is -1.25. The molecule has 186 valence electrons. The second-order valence-corrected chi connectivity index (χ2v) is 10.1. The summed E-state index contributed by atoms with van der Waals surface area (Å²) >= 11 is 6.29. The van der Waals surface area contributed by atoms with Crippen LogP contribution in [-0.4, -0.2) is 50.5 Å². The number of hydrogen-bond acceptors (Lipinski definition) is 4. The molecule has 0 aromatic heterocycles. The summed E-state index contributed by atoms with van der Waals surface area (Å²) in [6.45, 7) is 4.10. The first-order valence-corrected chi connectivity index (χ1v) is 13.4. The van der Waals surface area contributed by atoms with Crippen LogP contribution >= 0.6 is 11.6 Å². The Kier molecular flexibility index (Phi) is 10.3. The molecule has 1 N–H and O–H groups in total. The largest absolute Gasteiger partial charge is 0.355 e. The summed E-state index contributed by atoms with van der Waals surface area (Å²) in [6.07, 6.45) is 1.51. The standard InChI is InChI=1S/C24H31ClFN3O4S/c1-4-21(24(31)27-5-2)28(17-18-11-6-7-12-19(18)25)23(30)15-10-16-29(34(3,32)33)22-14-9-8-13-20(22)26/h6-9,11-14,21H,4-5,10,15-17H2,1-3H3,(H,27,31)/t21-/m0/s1. The molecule has 0 aliphatic rings. The Hall–Kier alpha value is -2.65. The van der Waals surface area contributed by atoms with Gasteiger partial charge in [-0.3, -0.25) is 13.9 Å². The van der Waals surface area contributed by atoms with Crippen molar-refractivity contribution >= 4 is 39.1 Å². The molecule has 0 saturated carbocycles. The quantitative estimate of drug-likeness (QED) is 0.467. The van der Waals surface area contributed by atoms with Gasteiger partial charge in [-0.15, -0.1) is 0 Å². The van der Waals surface area contributed by atoms with Gasteiger partial charge in [0.05, 0.1) is 11.9 Å². The zero-order valence-corrected chi connectivity index (χ0v) is 21.2. The fraction of sp³-hybridized carbons (Fsp3) is 0.417. The van der Waals surface area contributed by atoms with Crippen LogP contribution in [0.3, 0.4) is 0 Å². The van der Waals surface area contributed by atoms with Crippen LogP contribution in [0.1, 0.15) is 38.7 Å². The number of carbonyl (C=O) groups excluding carboxylic acids is 2. The zero-order chi connectivity index (χ0) is 25.3. The molecule has 0 unspecified atom stereocenters. The van der Waals surface area contributed by atoms with Gasteiger partial charge in [0.25, 0.3) is 0 Å². The third kappa shape index (κ3) is 7.43. The van der Waals surface area contributed by atoms with Gasteiger partial charge in [-0.25, -0.2) is 12.8 Å². The first-order chi connectivity index (χ1) is 16.1. The van der Waals surface area contributed by atoms with Crippen LogP contribution < -0.4 is 9.62 Å². The van der Waals surface area contributed by atoms with Crippen molar-refractivity contribution in [3.8, 4) is 0 Å². The molecule has 0 bridgehead atoms. The SMILES string of the molecule is CCNC(=O)[C@H](CC)N(Cc1ccccc1Cl)C(=O)CCCN(c1ccccc1F)S(C)(=O)=O. The van der Waals surface area contributed by atoms with Crippen LogP contribution in [0.15, 0.2) is 48.5 Å². The zero-order valence-electron chi connectivity index (χ0n) is 19.6. The summed E-state index contributed by atoms with van der Waals surface area (Å²) < 4.78 is 39.8. The Morgan fingerprint density at radius 3 is 2.32 bits per heavy atom. The van der Waals surface area contributed by atoms with Crippen LogP contribution in [-0.2, 0) is 26.2 Å². The van der Waals surface area contributed by atoms with Crippen molar-refractivity contribution in [2.45, 2.75) is 45.7 Å². The number of nitrogens with zero attached hydrogens (tertiary/aromatic N) is 2. The topological polar surface area (TPSA) is 86.8 Å². The molecule has 7 nitrogen and oxygen atoms in total. The summed E-state index contributed by atoms with van der Waals surface area (Å²) in [7, 11) is -3.77. The van der Waals surface area contributed by atoms with E-state index < -0.39 is 21.9 Å². The number of benzene rings is 2. The van der Waals surface area contributed by atoms with Crippen molar-refractivity contribution in [2.24, 2.45) is 0 Å². The third-order valence-electron chi connectivity index (χ3n) is 5.31. The normalized spacial score (nSPS) is 12.1. The van der Waals surface area contributed by atoms with E-state index in [2.05, 4.69) is 5.32 Å². The molecule has 0 radical (unpaired) electrons. The van der Waals surface area contributed by atoms with Crippen LogP contribution in [0, 0.1) is 5.82 Å². The summed E-state index contributed by atoms with van der Waals surface area (Å²) in [5.41, 5.74) is 0.628. The van der Waals surface area contributed by atoms with E-state index in [0.717, 1.165) is 10.6 Å². The predicted octanol–water partition coefficient (Wildman–Crippen LogP) is 3.97. The van der Waals surface area contributed by atoms with E-state index in [4.69, 9.17) is 11.6 Å². The van der Waals surface area contributed by atoms with Gasteiger partial charge in [-0.1, -0.05) is 48.9 Å². The molecule has 0 aliphatic carbocycles. The molecule has 10 heteroatoms. The number of rotatable bonds is 12. The lowest BCUT2D eigenvalue weighted by Gasteiger charge is -2.31. The molecule has 2 amide bonds. The third-order valence-corrected chi connectivity index (χ3v) is 6.86. The highest BCUT2D eigenvalue weighted by molar-refractivity contribution is 7.92. The summed E-state index contributed by atoms with van der Waals surface area (Å²) in [5, 5.41) is 3.24. The van der Waals surface area contributed by atoms with Crippen molar-refractivity contribution in [3.63, 3.8) is 0 Å². The number of carbonyl (C=O) groups is 2. The Morgan fingerprint density at radius 1 is 1.09 bits per heavy atom. The highest BCUT2D eigenvalue weighted by atomic mass is 35.5. The second kappa shape index (κ2) is 12.7. The average Bonchev–Trinajstić information content (AvgIpc) is 2.78. The Labute approximate surface area is 205 Å². The molecule has 1 atom stereocenters. The van der Waals surface area contributed by atoms with Crippen molar-refractivity contribution in [1.29, 1.82) is 0 Å². The van der Waals surface area contributed by atoms with E-state index in [1.165, 1.54) is 23.1 Å². The van der Waals surface area contributed by atoms with E-state index in [1.807, 2.05) is 6.92 Å². The predicted molar refractivity (Wildman–Crippen MR) is 133 cm³/mol. The smallest absolute Gasteiger partial charge is 0.242 e. The lowest BCUT2D eigenvalue weighted by Crippen LogP contribution is -2.49. The van der Waals surface area contributed by atoms with E-state index in [0.29, 0.717) is 23.6 Å². The minimum Gasteiger partial charge on any atom is -0.355 e. The molecule has 0 spiro atoms. The van der Waals surface area contributed by atoms with Crippen LogP contribution in [0.25, 0.3) is 0 Å². The molecule has 2 aromatic rings. The van der Waals surface area contributed by atoms with Gasteiger partial charge in [-0.2, -0.15) is 0 Å². The number of anilines is 1. The fourth-order valence-electron chi connectivity index (χ4n) is 3.66. The average molecular weight is 512 g/mol. The van der Waals surface area contributed by atoms with E-state index in [1.54, 1.807) is 37.3 Å². The fourth-order valence-corrected chi connectivity index (χ4v) is 4.82. The monoisotopic (exact) mass is 511 g/mol. The highest BCUT2D eigenvalue weighted by Crippen LogP contribution is 2.23. The Bertz CT molecular complexity index is 1100. The minimum absolute atomic E-state index is 0.0270. The van der Waals surface area contributed by atoms with E-state index in [-0.39, 0.29) is 43.4 Å². The number of nitrogens with one attached hydrogen (secondary N) is 1. The van der Waals surface area contributed by atoms with Gasteiger partial charge in [-0.05, 0) is 43.5 Å². The molecular weight excluding hydrogens is 481 g/mol. The maximum atomic E-state index is 14.2. The minimum atomic E-state index is -3.77. The molecule has 0 fully saturated rings. The van der Waals surface area contributed by atoms with Gasteiger partial charge in [0.1, 0.15) is 11.9 Å². The first kappa shape index (κ1) is 27.6. The van der Waals surface area contributed by atoms with Crippen LogP contribution in [0.5, 0.6) is 0 Å². The number of hydrogen-bond donors (Lipinski definition) is 1. The van der Waals surface area contributed by atoms with E-state index >= 15 is 0 Å². The summed E-state index contributed by atoms with van der Waals surface area (Å²) in [4.78, 5) is 27.4.